The fourth-order valence-electron chi connectivity index (χ4n) is 2.60. The number of nitrogens with one attached hydrogen (secondary N) is 3. The Hall–Kier alpha value is -3.29. The Morgan fingerprint density at radius 3 is 2.42 bits per heavy atom. The molecule has 1 atom stereocenters. The van der Waals surface area contributed by atoms with Crippen molar-refractivity contribution in [3.8, 4) is 5.75 Å². The molecule has 0 fully saturated rings. The van der Waals surface area contributed by atoms with Gasteiger partial charge in [0.2, 0.25) is 0 Å². The lowest BCUT2D eigenvalue weighted by Gasteiger charge is -2.16. The quantitative estimate of drug-likeness (QED) is 0.458. The van der Waals surface area contributed by atoms with E-state index < -0.39 is 6.10 Å². The van der Waals surface area contributed by atoms with Crippen molar-refractivity contribution >= 4 is 46.5 Å². The van der Waals surface area contributed by atoms with Crippen LogP contribution in [0.3, 0.4) is 0 Å². The topological polar surface area (TPSA) is 92.4 Å². The molecule has 3 aromatic rings. The molecule has 0 saturated heterocycles. The summed E-state index contributed by atoms with van der Waals surface area (Å²) < 4.78 is 5.62. The van der Waals surface area contributed by atoms with E-state index >= 15 is 0 Å². The third-order valence-corrected chi connectivity index (χ3v) is 4.98. The minimum atomic E-state index is -0.823. The number of hydrogen-bond acceptors (Lipinski definition) is 4. The standard InChI is InChI=1S/C22H20Cl2N4O3/c1-14(31-19-7-3-6-18(23)20(19)24)21(29)27-16-4-2-5-17(12-16)28-22(30)26-13-15-8-10-25-11-9-15/h2-12,14H,13H2,1H3,(H,27,29)(H2,26,28,30). The number of ether oxygens (including phenoxy) is 1. The van der Waals surface area contributed by atoms with Crippen LogP contribution >= 0.6 is 23.2 Å². The number of anilines is 2. The largest absolute Gasteiger partial charge is 0.479 e. The predicted octanol–water partition coefficient (Wildman–Crippen LogP) is 5.12. The molecule has 1 unspecified atom stereocenters. The van der Waals surface area contributed by atoms with Crippen molar-refractivity contribution in [2.24, 2.45) is 0 Å². The van der Waals surface area contributed by atoms with Crippen molar-refractivity contribution in [2.45, 2.75) is 19.6 Å². The maximum Gasteiger partial charge on any atom is 0.319 e. The molecule has 1 aromatic heterocycles. The second-order valence-corrected chi connectivity index (χ2v) is 7.33. The number of benzene rings is 2. The average Bonchev–Trinajstić information content (AvgIpc) is 2.76. The summed E-state index contributed by atoms with van der Waals surface area (Å²) in [4.78, 5) is 28.5. The van der Waals surface area contributed by atoms with Crippen LogP contribution in [0.25, 0.3) is 0 Å². The van der Waals surface area contributed by atoms with Crippen molar-refractivity contribution in [2.75, 3.05) is 10.6 Å². The average molecular weight is 459 g/mol. The van der Waals surface area contributed by atoms with E-state index in [1.807, 2.05) is 12.1 Å². The highest BCUT2D eigenvalue weighted by atomic mass is 35.5. The molecule has 31 heavy (non-hydrogen) atoms. The van der Waals surface area contributed by atoms with E-state index in [-0.39, 0.29) is 17.0 Å². The second-order valence-electron chi connectivity index (χ2n) is 6.55. The van der Waals surface area contributed by atoms with Crippen LogP contribution in [0.15, 0.2) is 67.0 Å². The van der Waals surface area contributed by atoms with E-state index in [2.05, 4.69) is 20.9 Å². The zero-order valence-electron chi connectivity index (χ0n) is 16.6. The molecule has 3 amide bonds. The number of carbonyl (C=O) groups is 2. The Morgan fingerprint density at radius 2 is 1.68 bits per heavy atom. The van der Waals surface area contributed by atoms with E-state index in [1.54, 1.807) is 61.8 Å². The highest BCUT2D eigenvalue weighted by Crippen LogP contribution is 2.32. The molecule has 0 spiro atoms. The SMILES string of the molecule is CC(Oc1cccc(Cl)c1Cl)C(=O)Nc1cccc(NC(=O)NCc2ccncc2)c1. The first-order valence-corrected chi connectivity index (χ1v) is 10.1. The number of amides is 3. The van der Waals surface area contributed by atoms with E-state index in [9.17, 15) is 9.59 Å². The first kappa shape index (κ1) is 22.4. The molecule has 9 heteroatoms. The van der Waals surface area contributed by atoms with Crippen molar-refractivity contribution < 1.29 is 14.3 Å². The predicted molar refractivity (Wildman–Crippen MR) is 122 cm³/mol. The summed E-state index contributed by atoms with van der Waals surface area (Å²) in [6, 6.07) is 15.0. The normalized spacial score (nSPS) is 11.3. The third-order valence-electron chi connectivity index (χ3n) is 4.18. The molecule has 0 aliphatic carbocycles. The van der Waals surface area contributed by atoms with Crippen LogP contribution in [-0.4, -0.2) is 23.0 Å². The first-order chi connectivity index (χ1) is 14.9. The maximum absolute atomic E-state index is 12.5. The third kappa shape index (κ3) is 6.60. The molecule has 0 aliphatic rings. The molecule has 3 N–H and O–H groups in total. The number of urea groups is 1. The van der Waals surface area contributed by atoms with Crippen LogP contribution in [0.2, 0.25) is 10.0 Å². The summed E-state index contributed by atoms with van der Waals surface area (Å²) in [6.45, 7) is 1.97. The van der Waals surface area contributed by atoms with Crippen molar-refractivity contribution in [3.05, 3.63) is 82.6 Å². The van der Waals surface area contributed by atoms with Crippen LogP contribution in [0, 0.1) is 0 Å². The zero-order chi connectivity index (χ0) is 22.2. The lowest BCUT2D eigenvalue weighted by Crippen LogP contribution is -2.30. The van der Waals surface area contributed by atoms with Gasteiger partial charge in [0.1, 0.15) is 10.8 Å². The number of pyridine rings is 1. The van der Waals surface area contributed by atoms with Gasteiger partial charge in [0, 0.05) is 30.3 Å². The summed E-state index contributed by atoms with van der Waals surface area (Å²) in [5.41, 5.74) is 1.96. The summed E-state index contributed by atoms with van der Waals surface area (Å²) in [5.74, 6) is -0.0616. The first-order valence-electron chi connectivity index (χ1n) is 9.37. The van der Waals surface area contributed by atoms with Crippen LogP contribution < -0.4 is 20.7 Å². The second kappa shape index (κ2) is 10.7. The number of carbonyl (C=O) groups excluding carboxylic acids is 2. The van der Waals surface area contributed by atoms with Crippen LogP contribution in [0.4, 0.5) is 16.2 Å². The Balaban J connectivity index is 1.55. The van der Waals surface area contributed by atoms with Gasteiger partial charge in [0.25, 0.3) is 5.91 Å². The van der Waals surface area contributed by atoms with E-state index in [4.69, 9.17) is 27.9 Å². The Morgan fingerprint density at radius 1 is 1.00 bits per heavy atom. The monoisotopic (exact) mass is 458 g/mol. The fourth-order valence-corrected chi connectivity index (χ4v) is 2.93. The Kier molecular flexibility index (Phi) is 7.70. The highest BCUT2D eigenvalue weighted by molar-refractivity contribution is 6.42. The summed E-state index contributed by atoms with van der Waals surface area (Å²) >= 11 is 12.1. The molecule has 0 radical (unpaired) electrons. The molecular weight excluding hydrogens is 439 g/mol. The van der Waals surface area contributed by atoms with Gasteiger partial charge in [-0.3, -0.25) is 9.78 Å². The molecule has 3 rings (SSSR count). The molecule has 7 nitrogen and oxygen atoms in total. The van der Waals surface area contributed by atoms with Crippen LogP contribution in [0.5, 0.6) is 5.75 Å². The molecule has 160 valence electrons. The molecular formula is C22H20Cl2N4O3. The molecule has 2 aromatic carbocycles. The summed E-state index contributed by atoms with van der Waals surface area (Å²) in [6.07, 6.45) is 2.49. The molecule has 1 heterocycles. The number of aromatic nitrogens is 1. The summed E-state index contributed by atoms with van der Waals surface area (Å²) in [5, 5.41) is 8.82. The lowest BCUT2D eigenvalue weighted by molar-refractivity contribution is -0.122. The lowest BCUT2D eigenvalue weighted by atomic mass is 10.2. The van der Waals surface area contributed by atoms with Crippen molar-refractivity contribution in [1.29, 1.82) is 0 Å². The van der Waals surface area contributed by atoms with Gasteiger partial charge in [0.15, 0.2) is 6.10 Å². The van der Waals surface area contributed by atoms with Gasteiger partial charge in [-0.05, 0) is 55.0 Å². The van der Waals surface area contributed by atoms with Gasteiger partial charge >= 0.3 is 6.03 Å². The zero-order valence-corrected chi connectivity index (χ0v) is 18.1. The Bertz CT molecular complexity index is 1060. The minimum Gasteiger partial charge on any atom is -0.479 e. The van der Waals surface area contributed by atoms with Crippen molar-refractivity contribution in [3.63, 3.8) is 0 Å². The number of hydrogen-bond donors (Lipinski definition) is 3. The Labute approximate surface area is 189 Å². The fraction of sp³-hybridized carbons (Fsp3) is 0.136. The summed E-state index contributed by atoms with van der Waals surface area (Å²) in [7, 11) is 0. The number of nitrogens with zero attached hydrogens (tertiary/aromatic N) is 1. The van der Waals surface area contributed by atoms with Gasteiger partial charge in [0.05, 0.1) is 5.02 Å². The van der Waals surface area contributed by atoms with Crippen molar-refractivity contribution in [1.82, 2.24) is 10.3 Å². The van der Waals surface area contributed by atoms with Gasteiger partial charge in [-0.1, -0.05) is 35.3 Å². The minimum absolute atomic E-state index is 0.243. The van der Waals surface area contributed by atoms with Crippen LogP contribution in [-0.2, 0) is 11.3 Å². The number of halogens is 2. The number of rotatable bonds is 7. The highest BCUT2D eigenvalue weighted by Gasteiger charge is 2.17. The van der Waals surface area contributed by atoms with Gasteiger partial charge in [-0.2, -0.15) is 0 Å². The van der Waals surface area contributed by atoms with E-state index in [0.717, 1.165) is 5.56 Å². The van der Waals surface area contributed by atoms with Gasteiger partial charge in [-0.15, -0.1) is 0 Å². The van der Waals surface area contributed by atoms with E-state index in [0.29, 0.717) is 28.7 Å². The molecule has 0 aliphatic heterocycles. The van der Waals surface area contributed by atoms with E-state index in [1.165, 1.54) is 0 Å². The van der Waals surface area contributed by atoms with Gasteiger partial charge in [-0.25, -0.2) is 4.79 Å². The smallest absolute Gasteiger partial charge is 0.319 e. The van der Waals surface area contributed by atoms with Crippen LogP contribution in [0.1, 0.15) is 12.5 Å². The molecule has 0 saturated carbocycles. The van der Waals surface area contributed by atoms with Gasteiger partial charge < -0.3 is 20.7 Å². The molecule has 0 bridgehead atoms. The maximum atomic E-state index is 12.5.